The average molecular weight is 458 g/mol. The molecule has 2 heterocycles. The summed E-state index contributed by atoms with van der Waals surface area (Å²) < 4.78 is 33.5. The van der Waals surface area contributed by atoms with Crippen molar-refractivity contribution in [1.82, 2.24) is 10.2 Å². The number of carbonyl (C=O) groups is 3. The van der Waals surface area contributed by atoms with Gasteiger partial charge >= 0.3 is 0 Å². The van der Waals surface area contributed by atoms with E-state index in [1.54, 1.807) is 42.5 Å². The second kappa shape index (κ2) is 8.71. The molecule has 0 aromatic heterocycles. The van der Waals surface area contributed by atoms with Gasteiger partial charge in [0.15, 0.2) is 0 Å². The number of benzene rings is 2. The zero-order chi connectivity index (χ0) is 22.9. The van der Waals surface area contributed by atoms with Gasteiger partial charge in [0, 0.05) is 17.5 Å². The Labute approximate surface area is 185 Å². The van der Waals surface area contributed by atoms with Gasteiger partial charge in [0.1, 0.15) is 24.2 Å². The van der Waals surface area contributed by atoms with Gasteiger partial charge in [-0.1, -0.05) is 30.3 Å². The lowest BCUT2D eigenvalue weighted by molar-refractivity contribution is -0.136. The fraction of sp³-hybridized carbons (Fsp3) is 0.318. The fourth-order valence-corrected chi connectivity index (χ4v) is 4.57. The van der Waals surface area contributed by atoms with Crippen LogP contribution in [0.25, 0.3) is 0 Å². The third kappa shape index (κ3) is 4.51. The molecule has 3 amide bonds. The second-order valence-electron chi connectivity index (χ2n) is 7.66. The number of hydrogen-bond acceptors (Lipinski definition) is 7. The van der Waals surface area contributed by atoms with Gasteiger partial charge in [0.05, 0.1) is 13.7 Å². The van der Waals surface area contributed by atoms with Crippen molar-refractivity contribution < 1.29 is 31.7 Å². The number of carbonyl (C=O) groups excluding carboxylic acids is 3. The molecule has 2 aromatic carbocycles. The van der Waals surface area contributed by atoms with Crippen molar-refractivity contribution in [2.24, 2.45) is 0 Å². The van der Waals surface area contributed by atoms with Crippen LogP contribution in [-0.2, 0) is 42.8 Å². The van der Waals surface area contributed by atoms with E-state index in [2.05, 4.69) is 9.50 Å². The highest BCUT2D eigenvalue weighted by atomic mass is 32.2. The minimum absolute atomic E-state index is 0.196. The van der Waals surface area contributed by atoms with Gasteiger partial charge in [-0.2, -0.15) is 8.42 Å². The van der Waals surface area contributed by atoms with Crippen LogP contribution in [-0.4, -0.2) is 44.2 Å². The Hall–Kier alpha value is -3.24. The van der Waals surface area contributed by atoms with Gasteiger partial charge in [-0.3, -0.25) is 23.9 Å². The van der Waals surface area contributed by atoms with Crippen LogP contribution in [0.1, 0.15) is 39.9 Å². The topological polar surface area (TPSA) is 119 Å². The van der Waals surface area contributed by atoms with E-state index in [1.807, 2.05) is 0 Å². The van der Waals surface area contributed by atoms with Crippen LogP contribution in [0.5, 0.6) is 5.75 Å². The molecule has 0 unspecified atom stereocenters. The number of piperidine rings is 1. The van der Waals surface area contributed by atoms with Crippen molar-refractivity contribution in [2.75, 3.05) is 7.11 Å². The Morgan fingerprint density at radius 3 is 2.47 bits per heavy atom. The van der Waals surface area contributed by atoms with Crippen molar-refractivity contribution in [2.45, 2.75) is 37.8 Å². The number of fused-ring (bicyclic) bond motifs is 1. The van der Waals surface area contributed by atoms with Crippen molar-refractivity contribution in [3.8, 4) is 5.75 Å². The molecule has 168 valence electrons. The average Bonchev–Trinajstić information content (AvgIpc) is 3.10. The van der Waals surface area contributed by atoms with Crippen LogP contribution in [0.3, 0.4) is 0 Å². The van der Waals surface area contributed by atoms with Gasteiger partial charge in [-0.15, -0.1) is 0 Å². The molecule has 1 fully saturated rings. The van der Waals surface area contributed by atoms with Gasteiger partial charge in [0.2, 0.25) is 11.8 Å². The quantitative estimate of drug-likeness (QED) is 0.493. The molecule has 1 atom stereocenters. The van der Waals surface area contributed by atoms with E-state index >= 15 is 0 Å². The van der Waals surface area contributed by atoms with Crippen LogP contribution in [0.2, 0.25) is 0 Å². The van der Waals surface area contributed by atoms with Gasteiger partial charge < -0.3 is 9.64 Å². The molecule has 2 aliphatic rings. The summed E-state index contributed by atoms with van der Waals surface area (Å²) in [5.74, 6) is -0.721. The zero-order valence-electron chi connectivity index (χ0n) is 17.4. The van der Waals surface area contributed by atoms with E-state index in [0.717, 1.165) is 12.7 Å². The summed E-state index contributed by atoms with van der Waals surface area (Å²) in [6.07, 6.45) is 0.493. The summed E-state index contributed by atoms with van der Waals surface area (Å²) in [6, 6.07) is 11.4. The first kappa shape index (κ1) is 22.0. The van der Waals surface area contributed by atoms with E-state index in [4.69, 9.17) is 4.74 Å². The highest BCUT2D eigenvalue weighted by Gasteiger charge is 2.40. The van der Waals surface area contributed by atoms with E-state index in [0.29, 0.717) is 28.9 Å². The van der Waals surface area contributed by atoms with E-state index in [-0.39, 0.29) is 37.1 Å². The summed E-state index contributed by atoms with van der Waals surface area (Å²) in [6.45, 7) is 0.449. The van der Waals surface area contributed by atoms with Gasteiger partial charge in [-0.05, 0) is 29.7 Å². The Kier molecular flexibility index (Phi) is 5.98. The molecule has 4 rings (SSSR count). The third-order valence-electron chi connectivity index (χ3n) is 5.55. The molecule has 32 heavy (non-hydrogen) atoms. The lowest BCUT2D eigenvalue weighted by Gasteiger charge is -2.29. The predicted molar refractivity (Wildman–Crippen MR) is 113 cm³/mol. The molecular weight excluding hydrogens is 436 g/mol. The second-order valence-corrected chi connectivity index (χ2v) is 9.39. The number of rotatable bonds is 7. The lowest BCUT2D eigenvalue weighted by Crippen LogP contribution is -2.52. The SMILES string of the molecule is COS(=O)(=O)Cc1ccc(COc2cccc3c2CN([C@H]2CCC(=O)NC2=O)C3=O)cc1. The number of nitrogens with zero attached hydrogens (tertiary/aromatic N) is 1. The summed E-state index contributed by atoms with van der Waals surface area (Å²) in [7, 11) is -2.46. The Bertz CT molecular complexity index is 1180. The van der Waals surface area contributed by atoms with Crippen LogP contribution >= 0.6 is 0 Å². The number of hydrogen-bond donors (Lipinski definition) is 1. The highest BCUT2D eigenvalue weighted by molar-refractivity contribution is 7.85. The lowest BCUT2D eigenvalue weighted by atomic mass is 10.0. The third-order valence-corrected chi connectivity index (χ3v) is 6.75. The summed E-state index contributed by atoms with van der Waals surface area (Å²) in [5, 5.41) is 2.29. The van der Waals surface area contributed by atoms with E-state index in [1.165, 1.54) is 4.90 Å². The van der Waals surface area contributed by atoms with Crippen LogP contribution in [0.4, 0.5) is 0 Å². The Balaban J connectivity index is 1.45. The van der Waals surface area contributed by atoms with Crippen LogP contribution in [0.15, 0.2) is 42.5 Å². The van der Waals surface area contributed by atoms with Crippen LogP contribution in [0, 0.1) is 0 Å². The molecule has 0 aliphatic carbocycles. The standard InChI is InChI=1S/C22H22N2O7S/c1-30-32(28,29)13-15-7-5-14(6-8-15)12-31-19-4-2-3-16-17(19)11-24(22(16)27)18-9-10-20(25)23-21(18)26/h2-8,18H,9-13H2,1H3,(H,23,25,26)/t18-/m0/s1. The predicted octanol–water partition coefficient (Wildman–Crippen LogP) is 1.50. The summed E-state index contributed by atoms with van der Waals surface area (Å²) >= 11 is 0. The van der Waals surface area contributed by atoms with Gasteiger partial charge in [0.25, 0.3) is 16.0 Å². The van der Waals surface area contributed by atoms with Crippen molar-refractivity contribution in [1.29, 1.82) is 0 Å². The van der Waals surface area contributed by atoms with Crippen molar-refractivity contribution in [3.63, 3.8) is 0 Å². The first-order valence-corrected chi connectivity index (χ1v) is 11.6. The van der Waals surface area contributed by atoms with Crippen molar-refractivity contribution >= 4 is 27.8 Å². The monoisotopic (exact) mass is 458 g/mol. The largest absolute Gasteiger partial charge is 0.489 e. The van der Waals surface area contributed by atoms with Crippen LogP contribution < -0.4 is 10.1 Å². The minimum Gasteiger partial charge on any atom is -0.489 e. The number of imide groups is 1. The molecule has 0 radical (unpaired) electrons. The maximum absolute atomic E-state index is 12.9. The first-order chi connectivity index (χ1) is 15.3. The first-order valence-electron chi connectivity index (χ1n) is 10.0. The maximum Gasteiger partial charge on any atom is 0.271 e. The minimum atomic E-state index is -3.59. The molecule has 0 bridgehead atoms. The molecule has 2 aromatic rings. The normalized spacial score (nSPS) is 18.5. The maximum atomic E-state index is 12.9. The van der Waals surface area contributed by atoms with Gasteiger partial charge in [-0.25, -0.2) is 0 Å². The molecule has 10 heteroatoms. The number of ether oxygens (including phenoxy) is 1. The molecule has 1 saturated heterocycles. The highest BCUT2D eigenvalue weighted by Crippen LogP contribution is 2.33. The zero-order valence-corrected chi connectivity index (χ0v) is 18.2. The van der Waals surface area contributed by atoms with E-state index < -0.39 is 22.1 Å². The molecule has 9 nitrogen and oxygen atoms in total. The molecule has 0 saturated carbocycles. The van der Waals surface area contributed by atoms with E-state index in [9.17, 15) is 22.8 Å². The summed E-state index contributed by atoms with van der Waals surface area (Å²) in [4.78, 5) is 38.0. The summed E-state index contributed by atoms with van der Waals surface area (Å²) in [5.41, 5.74) is 2.60. The molecule has 2 aliphatic heterocycles. The Morgan fingerprint density at radius 2 is 1.78 bits per heavy atom. The molecular formula is C22H22N2O7S. The van der Waals surface area contributed by atoms with Crippen molar-refractivity contribution in [3.05, 3.63) is 64.7 Å². The number of amides is 3. The molecule has 1 N–H and O–H groups in total. The Morgan fingerprint density at radius 1 is 1.06 bits per heavy atom. The fourth-order valence-electron chi connectivity index (χ4n) is 3.85. The number of nitrogens with one attached hydrogen (secondary N) is 1. The molecule has 0 spiro atoms. The smallest absolute Gasteiger partial charge is 0.271 e.